The van der Waals surface area contributed by atoms with Crippen LogP contribution in [0.5, 0.6) is 11.5 Å². The van der Waals surface area contributed by atoms with E-state index in [0.29, 0.717) is 17.1 Å². The van der Waals surface area contributed by atoms with Gasteiger partial charge >= 0.3 is 5.97 Å². The van der Waals surface area contributed by atoms with E-state index in [9.17, 15) is 14.0 Å². The number of halogens is 1. The number of benzene rings is 2. The van der Waals surface area contributed by atoms with Crippen LogP contribution in [0.4, 0.5) is 4.39 Å². The third-order valence-corrected chi connectivity index (χ3v) is 4.48. The number of carbonyl (C=O) groups is 2. The van der Waals surface area contributed by atoms with Crippen LogP contribution in [0.25, 0.3) is 6.08 Å². The van der Waals surface area contributed by atoms with Crippen molar-refractivity contribution in [2.24, 2.45) is 0 Å². The Morgan fingerprint density at radius 3 is 2.41 bits per heavy atom. The molecule has 29 heavy (non-hydrogen) atoms. The molecule has 0 aliphatic carbocycles. The first-order chi connectivity index (χ1) is 13.8. The Morgan fingerprint density at radius 1 is 1.10 bits per heavy atom. The first-order valence-electron chi connectivity index (χ1n) is 8.93. The number of esters is 1. The number of ether oxygens (including phenoxy) is 3. The van der Waals surface area contributed by atoms with Crippen LogP contribution in [0, 0.1) is 5.82 Å². The second-order valence-corrected chi connectivity index (χ2v) is 6.29. The topological polar surface area (TPSA) is 65.1 Å². The molecule has 6 nitrogen and oxygen atoms in total. The van der Waals surface area contributed by atoms with Crippen LogP contribution < -0.4 is 9.47 Å². The largest absolute Gasteiger partial charge is 0.493 e. The molecule has 1 unspecified atom stereocenters. The second kappa shape index (κ2) is 10.3. The van der Waals surface area contributed by atoms with E-state index in [0.717, 1.165) is 5.56 Å². The Morgan fingerprint density at radius 2 is 1.79 bits per heavy atom. The smallest absolute Gasteiger partial charge is 0.330 e. The van der Waals surface area contributed by atoms with E-state index in [1.165, 1.54) is 37.3 Å². The van der Waals surface area contributed by atoms with Crippen LogP contribution in [-0.2, 0) is 14.3 Å². The van der Waals surface area contributed by atoms with E-state index in [1.807, 2.05) is 6.92 Å². The third kappa shape index (κ3) is 6.07. The van der Waals surface area contributed by atoms with Gasteiger partial charge in [-0.1, -0.05) is 18.2 Å². The summed E-state index contributed by atoms with van der Waals surface area (Å²) in [7, 11) is 4.45. The lowest BCUT2D eigenvalue weighted by Crippen LogP contribution is -2.33. The van der Waals surface area contributed by atoms with Crippen molar-refractivity contribution < 1.29 is 28.2 Å². The van der Waals surface area contributed by atoms with Crippen molar-refractivity contribution in [1.29, 1.82) is 0 Å². The molecule has 0 N–H and O–H groups in total. The number of methoxy groups -OCH3 is 2. The summed E-state index contributed by atoms with van der Waals surface area (Å²) in [5.74, 6) is -0.195. The Labute approximate surface area is 169 Å². The molecule has 0 spiro atoms. The fourth-order valence-corrected chi connectivity index (χ4v) is 2.56. The molecule has 0 bridgehead atoms. The predicted molar refractivity (Wildman–Crippen MR) is 107 cm³/mol. The molecule has 1 amide bonds. The zero-order valence-electron chi connectivity index (χ0n) is 16.8. The predicted octanol–water partition coefficient (Wildman–Crippen LogP) is 3.62. The molecule has 2 aromatic rings. The molecular weight excluding hydrogens is 377 g/mol. The van der Waals surface area contributed by atoms with Crippen molar-refractivity contribution in [2.75, 3.05) is 27.9 Å². The van der Waals surface area contributed by atoms with Crippen molar-refractivity contribution in [1.82, 2.24) is 4.90 Å². The molecule has 0 aliphatic heterocycles. The summed E-state index contributed by atoms with van der Waals surface area (Å²) in [4.78, 5) is 25.2. The fourth-order valence-electron chi connectivity index (χ4n) is 2.56. The maximum atomic E-state index is 13.1. The van der Waals surface area contributed by atoms with Gasteiger partial charge in [0.15, 0.2) is 18.1 Å². The van der Waals surface area contributed by atoms with E-state index in [4.69, 9.17) is 9.47 Å². The number of amides is 1. The zero-order chi connectivity index (χ0) is 21.4. The Balaban J connectivity index is 2.02. The second-order valence-electron chi connectivity index (χ2n) is 6.29. The first kappa shape index (κ1) is 21.9. The van der Waals surface area contributed by atoms with Crippen LogP contribution >= 0.6 is 0 Å². The number of rotatable bonds is 8. The summed E-state index contributed by atoms with van der Waals surface area (Å²) in [6, 6.07) is 10.9. The van der Waals surface area contributed by atoms with Crippen LogP contribution in [0.1, 0.15) is 24.1 Å². The summed E-state index contributed by atoms with van der Waals surface area (Å²) >= 11 is 0. The lowest BCUT2D eigenvalue weighted by molar-refractivity contribution is -0.135. The molecule has 0 fully saturated rings. The Kier molecular flexibility index (Phi) is 7.77. The van der Waals surface area contributed by atoms with Gasteiger partial charge in [-0.2, -0.15) is 0 Å². The highest BCUT2D eigenvalue weighted by Gasteiger charge is 2.18. The summed E-state index contributed by atoms with van der Waals surface area (Å²) in [5, 5.41) is 0. The van der Waals surface area contributed by atoms with Crippen molar-refractivity contribution in [2.45, 2.75) is 13.0 Å². The minimum Gasteiger partial charge on any atom is -0.493 e. The quantitative estimate of drug-likeness (QED) is 0.499. The molecule has 0 heterocycles. The minimum atomic E-state index is -0.465. The average Bonchev–Trinajstić information content (AvgIpc) is 2.75. The standard InChI is InChI=1S/C22H24FNO5/c1-15(17-7-9-18(23)10-8-17)24(2)21(25)14-29-19-11-5-16(13-20(19)27-3)6-12-22(26)28-4/h5-13,15H,14H2,1-4H3/b12-6+. The molecule has 0 aromatic heterocycles. The van der Waals surface area contributed by atoms with E-state index in [1.54, 1.807) is 43.5 Å². The fraction of sp³-hybridized carbons (Fsp3) is 0.273. The maximum absolute atomic E-state index is 13.1. The lowest BCUT2D eigenvalue weighted by Gasteiger charge is -2.25. The third-order valence-electron chi connectivity index (χ3n) is 4.48. The molecule has 0 radical (unpaired) electrons. The van der Waals surface area contributed by atoms with Gasteiger partial charge in [0.05, 0.1) is 20.3 Å². The van der Waals surface area contributed by atoms with E-state index in [2.05, 4.69) is 4.74 Å². The number of likely N-dealkylation sites (N-methyl/N-ethyl adjacent to an activating group) is 1. The van der Waals surface area contributed by atoms with Gasteiger partial charge in [0, 0.05) is 13.1 Å². The molecule has 7 heteroatoms. The summed E-state index contributed by atoms with van der Waals surface area (Å²) in [5.41, 5.74) is 1.54. The van der Waals surface area contributed by atoms with Gasteiger partial charge in [0.25, 0.3) is 5.91 Å². The van der Waals surface area contributed by atoms with Gasteiger partial charge in [-0.3, -0.25) is 4.79 Å². The van der Waals surface area contributed by atoms with E-state index in [-0.39, 0.29) is 24.4 Å². The van der Waals surface area contributed by atoms with Crippen molar-refractivity contribution in [3.05, 3.63) is 65.5 Å². The molecule has 0 saturated carbocycles. The van der Waals surface area contributed by atoms with Crippen LogP contribution in [0.15, 0.2) is 48.5 Å². The van der Waals surface area contributed by atoms with Crippen molar-refractivity contribution in [3.63, 3.8) is 0 Å². The Hall–Kier alpha value is -3.35. The van der Waals surface area contributed by atoms with Gasteiger partial charge in [-0.15, -0.1) is 0 Å². The Bertz CT molecular complexity index is 879. The molecule has 0 aliphatic rings. The first-order valence-corrected chi connectivity index (χ1v) is 8.93. The lowest BCUT2D eigenvalue weighted by atomic mass is 10.1. The average molecular weight is 401 g/mol. The van der Waals surface area contributed by atoms with E-state index < -0.39 is 5.97 Å². The highest BCUT2D eigenvalue weighted by Crippen LogP contribution is 2.29. The van der Waals surface area contributed by atoms with Crippen LogP contribution in [0.2, 0.25) is 0 Å². The molecular formula is C22H24FNO5. The van der Waals surface area contributed by atoms with Crippen molar-refractivity contribution >= 4 is 18.0 Å². The van der Waals surface area contributed by atoms with E-state index >= 15 is 0 Å². The maximum Gasteiger partial charge on any atom is 0.330 e. The van der Waals surface area contributed by atoms with Gasteiger partial charge < -0.3 is 19.1 Å². The summed E-state index contributed by atoms with van der Waals surface area (Å²) in [6.07, 6.45) is 2.88. The van der Waals surface area contributed by atoms with Gasteiger partial charge in [0.1, 0.15) is 5.82 Å². The van der Waals surface area contributed by atoms with Gasteiger partial charge in [-0.25, -0.2) is 9.18 Å². The number of nitrogens with zero attached hydrogens (tertiary/aromatic N) is 1. The van der Waals surface area contributed by atoms with Crippen LogP contribution in [0.3, 0.4) is 0 Å². The van der Waals surface area contributed by atoms with Crippen LogP contribution in [-0.4, -0.2) is 44.7 Å². The highest BCUT2D eigenvalue weighted by atomic mass is 19.1. The highest BCUT2D eigenvalue weighted by molar-refractivity contribution is 5.87. The molecule has 2 rings (SSSR count). The summed E-state index contributed by atoms with van der Waals surface area (Å²) in [6.45, 7) is 1.67. The number of hydrogen-bond donors (Lipinski definition) is 0. The zero-order valence-corrected chi connectivity index (χ0v) is 16.8. The molecule has 0 saturated heterocycles. The molecule has 2 aromatic carbocycles. The molecule has 1 atom stereocenters. The normalized spacial score (nSPS) is 11.8. The van der Waals surface area contributed by atoms with Gasteiger partial charge in [0.2, 0.25) is 0 Å². The monoisotopic (exact) mass is 401 g/mol. The van der Waals surface area contributed by atoms with Gasteiger partial charge in [-0.05, 0) is 48.4 Å². The SMILES string of the molecule is COC(=O)/C=C/c1ccc(OCC(=O)N(C)C(C)c2ccc(F)cc2)c(OC)c1. The summed E-state index contributed by atoms with van der Waals surface area (Å²) < 4.78 is 28.6. The number of carbonyl (C=O) groups excluding carboxylic acids is 2. The minimum absolute atomic E-state index is 0.185. The van der Waals surface area contributed by atoms with Crippen molar-refractivity contribution in [3.8, 4) is 11.5 Å². The number of hydrogen-bond acceptors (Lipinski definition) is 5. The molecule has 154 valence electrons.